The third kappa shape index (κ3) is 3.30. The number of guanidine groups is 1. The van der Waals surface area contributed by atoms with Gasteiger partial charge in [0.1, 0.15) is 12.1 Å². The first kappa shape index (κ1) is 17.7. The van der Waals surface area contributed by atoms with Crippen LogP contribution < -0.4 is 0 Å². The maximum absolute atomic E-state index is 13.5. The molecule has 7 nitrogen and oxygen atoms in total. The number of fused-ring (bicyclic) bond motifs is 1. The fraction of sp³-hybridized carbons (Fsp3) is 0.286. The predicted molar refractivity (Wildman–Crippen MR) is 106 cm³/mol. The summed E-state index contributed by atoms with van der Waals surface area (Å²) in [6.45, 7) is 1.91. The Labute approximate surface area is 167 Å². The Morgan fingerprint density at radius 1 is 1.17 bits per heavy atom. The van der Waals surface area contributed by atoms with Gasteiger partial charge in [0.05, 0.1) is 16.9 Å². The van der Waals surface area contributed by atoms with Crippen molar-refractivity contribution < 1.29 is 9.18 Å². The molecule has 0 saturated carbocycles. The summed E-state index contributed by atoms with van der Waals surface area (Å²) in [4.78, 5) is 34.4. The first-order valence-electron chi connectivity index (χ1n) is 9.57. The van der Waals surface area contributed by atoms with E-state index in [1.807, 2.05) is 23.2 Å². The van der Waals surface area contributed by atoms with E-state index in [1.165, 1.54) is 18.5 Å². The third-order valence-corrected chi connectivity index (χ3v) is 5.58. The molecule has 3 aliphatic rings. The van der Waals surface area contributed by atoms with Crippen LogP contribution in [-0.2, 0) is 0 Å². The molecule has 8 heteroatoms. The van der Waals surface area contributed by atoms with Gasteiger partial charge in [-0.15, -0.1) is 0 Å². The highest BCUT2D eigenvalue weighted by Gasteiger charge is 2.43. The van der Waals surface area contributed by atoms with Gasteiger partial charge in [-0.25, -0.2) is 24.3 Å². The van der Waals surface area contributed by atoms with Crippen molar-refractivity contribution in [2.24, 2.45) is 9.98 Å². The van der Waals surface area contributed by atoms with Crippen LogP contribution in [0.15, 0.2) is 65.1 Å². The van der Waals surface area contributed by atoms with Crippen LogP contribution in [-0.4, -0.2) is 62.5 Å². The monoisotopic (exact) mass is 390 g/mol. The standard InChI is InChI=1S/C21H19FN6O/c22-16-3-1-2-15(12-16)19(29)28-11-7-21(13-28)6-10-27-9-5-18(25-20(27)26-21)17-4-8-23-14-24-17/h1-5,8-9,12,14H,6-7,10-11,13H2. The van der Waals surface area contributed by atoms with Crippen molar-refractivity contribution in [3.05, 3.63) is 72.2 Å². The highest BCUT2D eigenvalue weighted by Crippen LogP contribution is 2.34. The Morgan fingerprint density at radius 3 is 2.90 bits per heavy atom. The number of allylic oxidation sites excluding steroid dienone is 1. The highest BCUT2D eigenvalue weighted by molar-refractivity contribution is 6.14. The molecule has 1 amide bonds. The number of likely N-dealkylation sites (tertiary alicyclic amines) is 1. The number of amides is 1. The van der Waals surface area contributed by atoms with Crippen LogP contribution in [0.5, 0.6) is 0 Å². The van der Waals surface area contributed by atoms with E-state index < -0.39 is 5.82 Å². The molecule has 0 radical (unpaired) electrons. The van der Waals surface area contributed by atoms with Gasteiger partial charge in [-0.1, -0.05) is 6.07 Å². The summed E-state index contributed by atoms with van der Waals surface area (Å²) in [5.74, 6) is 0.0871. The van der Waals surface area contributed by atoms with Crippen LogP contribution in [0.2, 0.25) is 0 Å². The molecule has 0 aliphatic carbocycles. The Kier molecular flexibility index (Phi) is 4.19. The van der Waals surface area contributed by atoms with E-state index in [9.17, 15) is 9.18 Å². The highest BCUT2D eigenvalue weighted by atomic mass is 19.1. The number of nitrogens with zero attached hydrogens (tertiary/aromatic N) is 6. The van der Waals surface area contributed by atoms with Gasteiger partial charge in [-0.3, -0.25) is 4.79 Å². The molecular formula is C21H19FN6O. The molecule has 1 aromatic heterocycles. The maximum Gasteiger partial charge on any atom is 0.254 e. The molecule has 146 valence electrons. The molecular weight excluding hydrogens is 371 g/mol. The molecule has 3 aliphatic heterocycles. The summed E-state index contributed by atoms with van der Waals surface area (Å²) >= 11 is 0. The van der Waals surface area contributed by atoms with Crippen LogP contribution in [0.3, 0.4) is 0 Å². The lowest BCUT2D eigenvalue weighted by atomic mass is 9.93. The van der Waals surface area contributed by atoms with Gasteiger partial charge < -0.3 is 9.80 Å². The van der Waals surface area contributed by atoms with E-state index in [-0.39, 0.29) is 11.4 Å². The molecule has 1 atom stereocenters. The van der Waals surface area contributed by atoms with Gasteiger partial charge in [0.2, 0.25) is 5.96 Å². The van der Waals surface area contributed by atoms with Crippen LogP contribution in [0.4, 0.5) is 4.39 Å². The topological polar surface area (TPSA) is 74.1 Å². The summed E-state index contributed by atoms with van der Waals surface area (Å²) in [5.41, 5.74) is 1.51. The number of carbonyl (C=O) groups is 1. The molecule has 1 unspecified atom stereocenters. The molecule has 1 saturated heterocycles. The van der Waals surface area contributed by atoms with Crippen LogP contribution >= 0.6 is 0 Å². The summed E-state index contributed by atoms with van der Waals surface area (Å²) in [5, 5.41) is 0. The van der Waals surface area contributed by atoms with Crippen molar-refractivity contribution in [2.45, 2.75) is 18.4 Å². The van der Waals surface area contributed by atoms with E-state index in [0.717, 1.165) is 30.8 Å². The molecule has 29 heavy (non-hydrogen) atoms. The fourth-order valence-electron chi connectivity index (χ4n) is 4.01. The van der Waals surface area contributed by atoms with E-state index in [0.29, 0.717) is 24.6 Å². The van der Waals surface area contributed by atoms with Crippen LogP contribution in [0.25, 0.3) is 0 Å². The van der Waals surface area contributed by atoms with Crippen molar-refractivity contribution in [3.63, 3.8) is 0 Å². The molecule has 1 fully saturated rings. The zero-order valence-corrected chi connectivity index (χ0v) is 15.7. The number of halogens is 1. The van der Waals surface area contributed by atoms with E-state index >= 15 is 0 Å². The lowest BCUT2D eigenvalue weighted by molar-refractivity contribution is 0.0781. The summed E-state index contributed by atoms with van der Waals surface area (Å²) in [6, 6.07) is 7.65. The Balaban J connectivity index is 1.39. The lowest BCUT2D eigenvalue weighted by Crippen LogP contribution is -2.45. The normalized spacial score (nSPS) is 23.1. The molecule has 0 N–H and O–H groups in total. The summed E-state index contributed by atoms with van der Waals surface area (Å²) in [6.07, 6.45) is 8.69. The van der Waals surface area contributed by atoms with E-state index in [2.05, 4.69) is 9.97 Å². The quantitative estimate of drug-likeness (QED) is 0.789. The average Bonchev–Trinajstić information content (AvgIpc) is 3.16. The smallest absolute Gasteiger partial charge is 0.254 e. The fourth-order valence-corrected chi connectivity index (χ4v) is 4.01. The summed E-state index contributed by atoms with van der Waals surface area (Å²) in [7, 11) is 0. The largest absolute Gasteiger partial charge is 0.336 e. The first-order valence-corrected chi connectivity index (χ1v) is 9.57. The number of aliphatic imine (C=N–C) groups is 2. The zero-order chi connectivity index (χ0) is 19.8. The third-order valence-electron chi connectivity index (χ3n) is 5.58. The number of rotatable bonds is 2. The lowest BCUT2D eigenvalue weighted by Gasteiger charge is -2.36. The Hall–Kier alpha value is -3.42. The molecule has 1 aromatic carbocycles. The van der Waals surface area contributed by atoms with Crippen LogP contribution in [0, 0.1) is 5.82 Å². The van der Waals surface area contributed by atoms with Gasteiger partial charge in [-0.2, -0.15) is 0 Å². The zero-order valence-electron chi connectivity index (χ0n) is 15.7. The SMILES string of the molecule is O=C(c1cccc(F)c1)N1CCC2(CCN3C=CC(c4ccncn4)=NC3=N2)C1. The molecule has 2 aromatic rings. The Morgan fingerprint density at radius 2 is 2.07 bits per heavy atom. The van der Waals surface area contributed by atoms with Crippen molar-refractivity contribution in [2.75, 3.05) is 19.6 Å². The number of hydrogen-bond donors (Lipinski definition) is 0. The van der Waals surface area contributed by atoms with Gasteiger partial charge in [-0.05, 0) is 43.2 Å². The molecule has 4 heterocycles. The minimum atomic E-state index is -0.404. The molecule has 0 bridgehead atoms. The van der Waals surface area contributed by atoms with Gasteiger partial charge in [0, 0.05) is 37.6 Å². The number of benzene rings is 1. The van der Waals surface area contributed by atoms with Crippen molar-refractivity contribution in [1.29, 1.82) is 0 Å². The van der Waals surface area contributed by atoms with Crippen LogP contribution in [0.1, 0.15) is 28.9 Å². The maximum atomic E-state index is 13.5. The van der Waals surface area contributed by atoms with Gasteiger partial charge in [0.25, 0.3) is 5.91 Å². The number of aromatic nitrogens is 2. The minimum absolute atomic E-state index is 0.155. The molecule has 5 rings (SSSR count). The first-order chi connectivity index (χ1) is 14.1. The van der Waals surface area contributed by atoms with Gasteiger partial charge in [0.15, 0.2) is 0 Å². The predicted octanol–water partition coefficient (Wildman–Crippen LogP) is 2.28. The van der Waals surface area contributed by atoms with E-state index in [1.54, 1.807) is 23.2 Å². The van der Waals surface area contributed by atoms with Crippen molar-refractivity contribution in [1.82, 2.24) is 19.8 Å². The van der Waals surface area contributed by atoms with E-state index in [4.69, 9.17) is 9.98 Å². The Bertz CT molecular complexity index is 1050. The van der Waals surface area contributed by atoms with Crippen molar-refractivity contribution >= 4 is 17.6 Å². The second kappa shape index (κ2) is 6.88. The number of hydrogen-bond acceptors (Lipinski definition) is 6. The minimum Gasteiger partial charge on any atom is -0.336 e. The number of carbonyl (C=O) groups excluding carboxylic acids is 1. The van der Waals surface area contributed by atoms with Crippen molar-refractivity contribution in [3.8, 4) is 0 Å². The second-order valence-corrected chi connectivity index (χ2v) is 7.47. The van der Waals surface area contributed by atoms with Gasteiger partial charge >= 0.3 is 0 Å². The second-order valence-electron chi connectivity index (χ2n) is 7.47. The summed E-state index contributed by atoms with van der Waals surface area (Å²) < 4.78 is 13.5. The average molecular weight is 390 g/mol. The molecule has 1 spiro atoms.